The Hall–Kier alpha value is -4.36. The van der Waals surface area contributed by atoms with Gasteiger partial charge < -0.3 is 14.6 Å². The molecule has 1 saturated carbocycles. The number of aromatic carboxylic acids is 1. The number of benzene rings is 3. The molecule has 2 N–H and O–H groups in total. The first-order valence-electron chi connectivity index (χ1n) is 11.8. The Morgan fingerprint density at radius 1 is 1.02 bits per heavy atom. The van der Waals surface area contributed by atoms with Crippen molar-refractivity contribution in [3.8, 4) is 16.6 Å². The molecule has 0 bridgehead atoms. The van der Waals surface area contributed by atoms with Crippen molar-refractivity contribution in [2.24, 2.45) is 0 Å². The second-order valence-electron chi connectivity index (χ2n) is 8.79. The Morgan fingerprint density at radius 3 is 2.35 bits per heavy atom. The van der Waals surface area contributed by atoms with Gasteiger partial charge in [-0.25, -0.2) is 27.0 Å². The predicted octanol–water partition coefficient (Wildman–Crippen LogP) is 5.61. The van der Waals surface area contributed by atoms with E-state index in [4.69, 9.17) is 14.6 Å². The second kappa shape index (κ2) is 11.0. The SMILES string of the molecule is O=C(O)c1ccc(Oc2cnc(NC(=O)[C@@H](Oc3ccc(F)cc3F)c3ccc(S(=O)(=O)C4CC4)cc3)s2)cc1. The second-order valence-corrected chi connectivity index (χ2v) is 12.0. The number of amides is 1. The fourth-order valence-electron chi connectivity index (χ4n) is 3.69. The third kappa shape index (κ3) is 6.10. The summed E-state index contributed by atoms with van der Waals surface area (Å²) < 4.78 is 64.2. The van der Waals surface area contributed by atoms with Crippen LogP contribution in [0.15, 0.2) is 77.8 Å². The Kier molecular flexibility index (Phi) is 7.50. The first kappa shape index (κ1) is 27.2. The predicted molar refractivity (Wildman–Crippen MR) is 141 cm³/mol. The minimum atomic E-state index is -3.47. The Labute approximate surface area is 230 Å². The van der Waals surface area contributed by atoms with Crippen molar-refractivity contribution in [1.82, 2.24) is 4.98 Å². The number of carbonyl (C=O) groups is 2. The molecule has 1 fully saturated rings. The molecule has 206 valence electrons. The monoisotopic (exact) mass is 586 g/mol. The maximum absolute atomic E-state index is 14.4. The van der Waals surface area contributed by atoms with Gasteiger partial charge in [-0.1, -0.05) is 23.5 Å². The highest BCUT2D eigenvalue weighted by Crippen LogP contribution is 2.35. The maximum Gasteiger partial charge on any atom is 0.335 e. The van der Waals surface area contributed by atoms with Crippen LogP contribution in [-0.4, -0.2) is 35.6 Å². The summed E-state index contributed by atoms with van der Waals surface area (Å²) in [4.78, 5) is 28.5. The zero-order valence-electron chi connectivity index (χ0n) is 20.4. The molecule has 5 rings (SSSR count). The van der Waals surface area contributed by atoms with Gasteiger partial charge in [-0.2, -0.15) is 0 Å². The van der Waals surface area contributed by atoms with E-state index in [0.717, 1.165) is 23.5 Å². The minimum Gasteiger partial charge on any atom is -0.478 e. The van der Waals surface area contributed by atoms with Crippen LogP contribution in [0, 0.1) is 11.6 Å². The highest BCUT2D eigenvalue weighted by atomic mass is 32.2. The molecule has 1 atom stereocenters. The molecule has 0 aliphatic heterocycles. The molecule has 13 heteroatoms. The lowest BCUT2D eigenvalue weighted by atomic mass is 10.1. The number of nitrogens with zero attached hydrogens (tertiary/aromatic N) is 1. The molecule has 0 spiro atoms. The normalized spacial score (nSPS) is 13.8. The molecule has 1 amide bonds. The van der Waals surface area contributed by atoms with Crippen molar-refractivity contribution in [2.45, 2.75) is 29.1 Å². The molecule has 1 aliphatic carbocycles. The summed E-state index contributed by atoms with van der Waals surface area (Å²) in [6.45, 7) is 0. The average molecular weight is 587 g/mol. The van der Waals surface area contributed by atoms with E-state index in [-0.39, 0.29) is 32.0 Å². The summed E-state index contributed by atoms with van der Waals surface area (Å²) in [5.41, 5.74) is 0.314. The number of halogens is 2. The summed E-state index contributed by atoms with van der Waals surface area (Å²) in [5.74, 6) is -3.72. The molecule has 3 aromatic carbocycles. The van der Waals surface area contributed by atoms with Gasteiger partial charge >= 0.3 is 5.97 Å². The third-order valence-electron chi connectivity index (χ3n) is 5.89. The number of nitrogens with one attached hydrogen (secondary N) is 1. The van der Waals surface area contributed by atoms with Gasteiger partial charge in [0.05, 0.1) is 21.9 Å². The number of anilines is 1. The van der Waals surface area contributed by atoms with Crippen LogP contribution in [0.2, 0.25) is 0 Å². The van der Waals surface area contributed by atoms with Crippen LogP contribution in [0.25, 0.3) is 0 Å². The van der Waals surface area contributed by atoms with Crippen LogP contribution in [-0.2, 0) is 14.6 Å². The molecule has 0 saturated heterocycles. The number of carboxylic acid groups (broad SMARTS) is 1. The van der Waals surface area contributed by atoms with E-state index in [1.165, 1.54) is 54.7 Å². The number of carbonyl (C=O) groups excluding carboxylic acids is 1. The number of carboxylic acids is 1. The summed E-state index contributed by atoms with van der Waals surface area (Å²) in [6, 6.07) is 13.8. The molecular formula is C27H20F2N2O7S2. The van der Waals surface area contributed by atoms with Crippen molar-refractivity contribution in [3.63, 3.8) is 0 Å². The van der Waals surface area contributed by atoms with Crippen LogP contribution >= 0.6 is 11.3 Å². The number of rotatable bonds is 10. The fourth-order valence-corrected chi connectivity index (χ4v) is 6.04. The van der Waals surface area contributed by atoms with Gasteiger partial charge in [0, 0.05) is 11.6 Å². The van der Waals surface area contributed by atoms with Gasteiger partial charge in [0.1, 0.15) is 11.6 Å². The number of sulfone groups is 1. The van der Waals surface area contributed by atoms with Crippen LogP contribution < -0.4 is 14.8 Å². The van der Waals surface area contributed by atoms with E-state index in [1.54, 1.807) is 0 Å². The highest BCUT2D eigenvalue weighted by molar-refractivity contribution is 7.92. The first-order chi connectivity index (χ1) is 19.1. The number of hydrogen-bond donors (Lipinski definition) is 2. The maximum atomic E-state index is 14.4. The topological polar surface area (TPSA) is 132 Å². The van der Waals surface area contributed by atoms with Gasteiger partial charge in [0.15, 0.2) is 26.5 Å². The van der Waals surface area contributed by atoms with Crippen LogP contribution in [0.3, 0.4) is 0 Å². The third-order valence-corrected chi connectivity index (χ3v) is 8.95. The lowest BCUT2D eigenvalue weighted by molar-refractivity contribution is -0.123. The van der Waals surface area contributed by atoms with Crippen LogP contribution in [0.4, 0.5) is 13.9 Å². The summed E-state index contributed by atoms with van der Waals surface area (Å²) in [5, 5.41) is 11.6. The van der Waals surface area contributed by atoms with E-state index in [0.29, 0.717) is 24.7 Å². The van der Waals surface area contributed by atoms with Crippen molar-refractivity contribution in [3.05, 3.63) is 95.7 Å². The lowest BCUT2D eigenvalue weighted by Gasteiger charge is -2.19. The van der Waals surface area contributed by atoms with Gasteiger partial charge in [-0.3, -0.25) is 10.1 Å². The van der Waals surface area contributed by atoms with E-state index in [1.807, 2.05) is 0 Å². The van der Waals surface area contributed by atoms with Gasteiger partial charge in [-0.15, -0.1) is 0 Å². The first-order valence-corrected chi connectivity index (χ1v) is 14.2. The van der Waals surface area contributed by atoms with Gasteiger partial charge in [0.25, 0.3) is 5.91 Å². The molecular weight excluding hydrogens is 566 g/mol. The van der Waals surface area contributed by atoms with Gasteiger partial charge in [0.2, 0.25) is 11.2 Å². The highest BCUT2D eigenvalue weighted by Gasteiger charge is 2.37. The van der Waals surface area contributed by atoms with Gasteiger partial charge in [-0.05, 0) is 61.4 Å². The summed E-state index contributed by atoms with van der Waals surface area (Å²) >= 11 is 0.966. The lowest BCUT2D eigenvalue weighted by Crippen LogP contribution is -2.26. The molecule has 1 aromatic heterocycles. The largest absolute Gasteiger partial charge is 0.478 e. The van der Waals surface area contributed by atoms with Crippen LogP contribution in [0.1, 0.15) is 34.9 Å². The molecule has 0 radical (unpaired) electrons. The number of thiazole rings is 1. The average Bonchev–Trinajstić information content (AvgIpc) is 3.70. The Morgan fingerprint density at radius 2 is 1.73 bits per heavy atom. The van der Waals surface area contributed by atoms with Crippen molar-refractivity contribution in [2.75, 3.05) is 5.32 Å². The summed E-state index contributed by atoms with van der Waals surface area (Å²) in [6.07, 6.45) is 1.08. The van der Waals surface area contributed by atoms with E-state index >= 15 is 0 Å². The molecule has 40 heavy (non-hydrogen) atoms. The quantitative estimate of drug-likeness (QED) is 0.245. The number of hydrogen-bond acceptors (Lipinski definition) is 8. The Balaban J connectivity index is 1.36. The van der Waals surface area contributed by atoms with E-state index < -0.39 is 44.7 Å². The van der Waals surface area contributed by atoms with E-state index in [2.05, 4.69) is 10.3 Å². The number of aromatic nitrogens is 1. The zero-order valence-corrected chi connectivity index (χ0v) is 22.0. The smallest absolute Gasteiger partial charge is 0.335 e. The van der Waals surface area contributed by atoms with Crippen molar-refractivity contribution in [1.29, 1.82) is 0 Å². The molecule has 1 heterocycles. The number of ether oxygens (including phenoxy) is 2. The summed E-state index contributed by atoms with van der Waals surface area (Å²) in [7, 11) is -3.47. The molecule has 9 nitrogen and oxygen atoms in total. The molecule has 4 aromatic rings. The molecule has 0 unspecified atom stereocenters. The Bertz CT molecular complexity index is 1670. The zero-order chi connectivity index (χ0) is 28.4. The molecule has 1 aliphatic rings. The van der Waals surface area contributed by atoms with Crippen molar-refractivity contribution < 1.29 is 41.4 Å². The van der Waals surface area contributed by atoms with Crippen LogP contribution in [0.5, 0.6) is 16.6 Å². The standard InChI is InChI=1S/C27H20F2N2O7S2/c28-17-5-12-22(21(29)13-17)38-24(15-3-8-19(9-4-15)40(35,36)20-10-11-20)25(32)31-27-30-14-23(39-27)37-18-6-1-16(2-7-18)26(33)34/h1-9,12-14,20,24H,10-11H2,(H,33,34)(H,30,31,32)/t24-/m0/s1. The van der Waals surface area contributed by atoms with Crippen molar-refractivity contribution >= 4 is 38.2 Å². The fraction of sp³-hybridized carbons (Fsp3) is 0.148. The minimum absolute atomic E-state index is 0.0893. The van der Waals surface area contributed by atoms with E-state index in [9.17, 15) is 26.8 Å².